The third-order valence-electron chi connectivity index (χ3n) is 1.71. The molecule has 0 aliphatic carbocycles. The molecule has 0 saturated heterocycles. The van der Waals surface area contributed by atoms with Crippen LogP contribution >= 0.6 is 11.8 Å². The largest absolute Gasteiger partial charge is 0.395 e. The second-order valence-corrected chi connectivity index (χ2v) is 3.81. The van der Waals surface area contributed by atoms with Crippen LogP contribution in [-0.2, 0) is 6.54 Å². The topological polar surface area (TPSA) is 43.8 Å². The van der Waals surface area contributed by atoms with Crippen LogP contribution in [-0.4, -0.2) is 15.5 Å². The molecule has 1 rings (SSSR count). The molecule has 1 heterocycles. The molecular formula is C8H15N3S. The Morgan fingerprint density at radius 2 is 2.17 bits per heavy atom. The normalized spacial score (nSPS) is 10.6. The molecular weight excluding hydrogens is 170 g/mol. The Bertz CT molecular complexity index is 268. The SMILES string of the molecule is CCSc1c(N)c(C)nn1CC. The number of hydrogen-bond donors (Lipinski definition) is 1. The molecule has 0 aliphatic heterocycles. The van der Waals surface area contributed by atoms with E-state index in [-0.39, 0.29) is 0 Å². The fourth-order valence-corrected chi connectivity index (χ4v) is 1.97. The van der Waals surface area contributed by atoms with Gasteiger partial charge < -0.3 is 5.73 Å². The van der Waals surface area contributed by atoms with Gasteiger partial charge in [0.15, 0.2) is 0 Å². The van der Waals surface area contributed by atoms with E-state index < -0.39 is 0 Å². The molecule has 0 radical (unpaired) electrons. The zero-order valence-corrected chi connectivity index (χ0v) is 8.61. The van der Waals surface area contributed by atoms with Crippen molar-refractivity contribution in [2.45, 2.75) is 32.3 Å². The van der Waals surface area contributed by atoms with Crippen LogP contribution in [0.1, 0.15) is 19.5 Å². The highest BCUT2D eigenvalue weighted by Crippen LogP contribution is 2.26. The van der Waals surface area contributed by atoms with Gasteiger partial charge in [-0.1, -0.05) is 6.92 Å². The average Bonchev–Trinajstić information content (AvgIpc) is 2.33. The molecule has 0 amide bonds. The van der Waals surface area contributed by atoms with Gasteiger partial charge in [0.05, 0.1) is 11.4 Å². The molecule has 0 saturated carbocycles. The minimum atomic E-state index is 0.837. The maximum Gasteiger partial charge on any atom is 0.117 e. The number of rotatable bonds is 3. The van der Waals surface area contributed by atoms with Gasteiger partial charge in [-0.15, -0.1) is 11.8 Å². The Hall–Kier alpha value is -0.640. The lowest BCUT2D eigenvalue weighted by Crippen LogP contribution is -1.99. The molecule has 0 unspecified atom stereocenters. The van der Waals surface area contributed by atoms with Crippen molar-refractivity contribution in [2.24, 2.45) is 0 Å². The monoisotopic (exact) mass is 185 g/mol. The van der Waals surface area contributed by atoms with Crippen molar-refractivity contribution in [3.63, 3.8) is 0 Å². The Kier molecular flexibility index (Phi) is 3.03. The van der Waals surface area contributed by atoms with Gasteiger partial charge in [-0.25, -0.2) is 0 Å². The lowest BCUT2D eigenvalue weighted by molar-refractivity contribution is 0.602. The van der Waals surface area contributed by atoms with Crippen LogP contribution in [0.5, 0.6) is 0 Å². The molecule has 0 spiro atoms. The predicted molar refractivity (Wildman–Crippen MR) is 53.4 cm³/mol. The zero-order valence-electron chi connectivity index (χ0n) is 7.79. The van der Waals surface area contributed by atoms with Gasteiger partial charge in [-0.05, 0) is 19.6 Å². The molecule has 68 valence electrons. The Balaban J connectivity index is 3.03. The van der Waals surface area contributed by atoms with Gasteiger partial charge in [-0.3, -0.25) is 4.68 Å². The third-order valence-corrected chi connectivity index (χ3v) is 2.70. The van der Waals surface area contributed by atoms with E-state index in [4.69, 9.17) is 5.73 Å². The first-order valence-electron chi connectivity index (χ1n) is 4.16. The number of nitrogens with zero attached hydrogens (tertiary/aromatic N) is 2. The zero-order chi connectivity index (χ0) is 9.14. The van der Waals surface area contributed by atoms with Crippen molar-refractivity contribution in [1.82, 2.24) is 9.78 Å². The molecule has 1 aromatic heterocycles. The minimum Gasteiger partial charge on any atom is -0.395 e. The fraction of sp³-hybridized carbons (Fsp3) is 0.625. The van der Waals surface area contributed by atoms with Gasteiger partial charge in [0.1, 0.15) is 5.03 Å². The Morgan fingerprint density at radius 3 is 2.67 bits per heavy atom. The van der Waals surface area contributed by atoms with E-state index in [9.17, 15) is 0 Å². The van der Waals surface area contributed by atoms with E-state index in [0.717, 1.165) is 28.7 Å². The summed E-state index contributed by atoms with van der Waals surface area (Å²) in [4.78, 5) is 0. The number of aryl methyl sites for hydroxylation is 2. The van der Waals surface area contributed by atoms with E-state index in [1.165, 1.54) is 0 Å². The van der Waals surface area contributed by atoms with E-state index in [1.54, 1.807) is 11.8 Å². The highest BCUT2D eigenvalue weighted by molar-refractivity contribution is 7.99. The predicted octanol–water partition coefficient (Wildman–Crippen LogP) is 1.91. The fourth-order valence-electron chi connectivity index (χ4n) is 1.08. The molecule has 0 aliphatic rings. The Labute approximate surface area is 77.3 Å². The first-order valence-corrected chi connectivity index (χ1v) is 5.14. The number of nitrogens with two attached hydrogens (primary N) is 1. The number of nitrogen functional groups attached to an aromatic ring is 1. The summed E-state index contributed by atoms with van der Waals surface area (Å²) in [5, 5.41) is 5.43. The molecule has 0 fully saturated rings. The quantitative estimate of drug-likeness (QED) is 0.731. The number of aromatic nitrogens is 2. The molecule has 2 N–H and O–H groups in total. The minimum absolute atomic E-state index is 0.837. The maximum absolute atomic E-state index is 5.86. The van der Waals surface area contributed by atoms with Crippen molar-refractivity contribution < 1.29 is 0 Å². The van der Waals surface area contributed by atoms with Crippen molar-refractivity contribution in [2.75, 3.05) is 11.5 Å². The number of anilines is 1. The molecule has 4 heteroatoms. The summed E-state index contributed by atoms with van der Waals surface area (Å²) in [6, 6.07) is 0. The van der Waals surface area contributed by atoms with E-state index >= 15 is 0 Å². The molecule has 3 nitrogen and oxygen atoms in total. The van der Waals surface area contributed by atoms with Crippen molar-refractivity contribution in [3.05, 3.63) is 5.69 Å². The van der Waals surface area contributed by atoms with Crippen molar-refractivity contribution in [1.29, 1.82) is 0 Å². The second kappa shape index (κ2) is 3.85. The summed E-state index contributed by atoms with van der Waals surface area (Å²) in [7, 11) is 0. The number of thioether (sulfide) groups is 1. The third kappa shape index (κ3) is 1.58. The van der Waals surface area contributed by atoms with Crippen LogP contribution in [0, 0.1) is 6.92 Å². The summed E-state index contributed by atoms with van der Waals surface area (Å²) in [5.41, 5.74) is 7.64. The van der Waals surface area contributed by atoms with Gasteiger partial charge in [0.25, 0.3) is 0 Å². The van der Waals surface area contributed by atoms with Crippen LogP contribution in [0.3, 0.4) is 0 Å². The second-order valence-electron chi connectivity index (χ2n) is 2.55. The van der Waals surface area contributed by atoms with Crippen LogP contribution in [0.2, 0.25) is 0 Å². The summed E-state index contributed by atoms with van der Waals surface area (Å²) in [5.74, 6) is 1.04. The van der Waals surface area contributed by atoms with E-state index in [1.807, 2.05) is 11.6 Å². The molecule has 12 heavy (non-hydrogen) atoms. The summed E-state index contributed by atoms with van der Waals surface area (Å²) in [6.45, 7) is 7.03. The number of hydrogen-bond acceptors (Lipinski definition) is 3. The van der Waals surface area contributed by atoms with E-state index in [2.05, 4.69) is 18.9 Å². The average molecular weight is 185 g/mol. The lowest BCUT2D eigenvalue weighted by atomic mass is 10.4. The van der Waals surface area contributed by atoms with Crippen LogP contribution in [0.15, 0.2) is 5.03 Å². The summed E-state index contributed by atoms with van der Waals surface area (Å²) >= 11 is 1.75. The van der Waals surface area contributed by atoms with Crippen LogP contribution < -0.4 is 5.73 Å². The molecule has 1 aromatic rings. The van der Waals surface area contributed by atoms with Gasteiger partial charge in [0.2, 0.25) is 0 Å². The first kappa shape index (κ1) is 9.45. The Morgan fingerprint density at radius 1 is 1.50 bits per heavy atom. The van der Waals surface area contributed by atoms with E-state index in [0.29, 0.717) is 0 Å². The van der Waals surface area contributed by atoms with Crippen LogP contribution in [0.4, 0.5) is 5.69 Å². The lowest BCUT2D eigenvalue weighted by Gasteiger charge is -2.02. The summed E-state index contributed by atoms with van der Waals surface area (Å²) in [6.07, 6.45) is 0. The first-order chi connectivity index (χ1) is 5.70. The van der Waals surface area contributed by atoms with Crippen molar-refractivity contribution >= 4 is 17.4 Å². The van der Waals surface area contributed by atoms with Gasteiger partial charge in [0, 0.05) is 6.54 Å². The van der Waals surface area contributed by atoms with Crippen LogP contribution in [0.25, 0.3) is 0 Å². The van der Waals surface area contributed by atoms with Crippen molar-refractivity contribution in [3.8, 4) is 0 Å². The maximum atomic E-state index is 5.86. The highest BCUT2D eigenvalue weighted by Gasteiger charge is 2.10. The van der Waals surface area contributed by atoms with Gasteiger partial charge in [-0.2, -0.15) is 5.10 Å². The molecule has 0 atom stereocenters. The molecule has 0 aromatic carbocycles. The highest BCUT2D eigenvalue weighted by atomic mass is 32.2. The standard InChI is InChI=1S/C8H15N3S/c1-4-11-8(12-5-2)7(9)6(3)10-11/h4-5,9H2,1-3H3. The molecule has 0 bridgehead atoms. The van der Waals surface area contributed by atoms with Gasteiger partial charge >= 0.3 is 0 Å². The summed E-state index contributed by atoms with van der Waals surface area (Å²) < 4.78 is 1.96. The smallest absolute Gasteiger partial charge is 0.117 e.